The van der Waals surface area contributed by atoms with Gasteiger partial charge >= 0.3 is 0 Å². The molecule has 102 valence electrons. The Labute approximate surface area is 108 Å². The first-order chi connectivity index (χ1) is 8.50. The molecule has 1 fully saturated rings. The summed E-state index contributed by atoms with van der Waals surface area (Å²) in [5, 5.41) is 0. The van der Waals surface area contributed by atoms with Crippen molar-refractivity contribution in [2.75, 3.05) is 11.5 Å². The molecule has 0 saturated carbocycles. The predicted molar refractivity (Wildman–Crippen MR) is 71.0 cm³/mol. The van der Waals surface area contributed by atoms with E-state index in [2.05, 4.69) is 16.5 Å². The lowest BCUT2D eigenvalue weighted by molar-refractivity contribution is 0.458. The maximum atomic E-state index is 11.4. The molecule has 2 rings (SSSR count). The van der Waals surface area contributed by atoms with Crippen LogP contribution in [-0.4, -0.2) is 35.5 Å². The molecule has 0 radical (unpaired) electrons. The molecule has 0 aliphatic carbocycles. The minimum Gasteiger partial charge on any atom is -0.335 e. The van der Waals surface area contributed by atoms with Crippen LogP contribution in [0.3, 0.4) is 0 Å². The van der Waals surface area contributed by atoms with Crippen LogP contribution in [-0.2, 0) is 22.8 Å². The first kappa shape index (κ1) is 13.5. The summed E-state index contributed by atoms with van der Waals surface area (Å²) in [7, 11) is -2.79. The van der Waals surface area contributed by atoms with Crippen molar-refractivity contribution < 1.29 is 8.42 Å². The van der Waals surface area contributed by atoms with E-state index in [0.29, 0.717) is 11.5 Å². The van der Waals surface area contributed by atoms with Crippen LogP contribution in [0, 0.1) is 5.92 Å². The fourth-order valence-electron chi connectivity index (χ4n) is 2.62. The highest BCUT2D eigenvalue weighted by Gasteiger charge is 2.29. The van der Waals surface area contributed by atoms with Gasteiger partial charge in [0.1, 0.15) is 5.82 Å². The smallest absolute Gasteiger partial charge is 0.150 e. The van der Waals surface area contributed by atoms with E-state index in [9.17, 15) is 8.42 Å². The van der Waals surface area contributed by atoms with Crippen LogP contribution < -0.4 is 5.73 Å². The summed E-state index contributed by atoms with van der Waals surface area (Å²) in [6.07, 6.45) is 5.99. The minimum absolute atomic E-state index is 0.00370. The summed E-state index contributed by atoms with van der Waals surface area (Å²) in [5.74, 6) is 1.86. The van der Waals surface area contributed by atoms with Crippen LogP contribution in [0.2, 0.25) is 0 Å². The van der Waals surface area contributed by atoms with Gasteiger partial charge in [0.05, 0.1) is 11.5 Å². The van der Waals surface area contributed by atoms with Crippen molar-refractivity contribution in [2.24, 2.45) is 11.7 Å². The highest BCUT2D eigenvalue weighted by molar-refractivity contribution is 7.91. The number of imidazole rings is 1. The first-order valence-electron chi connectivity index (χ1n) is 6.46. The summed E-state index contributed by atoms with van der Waals surface area (Å²) in [6, 6.07) is -0.00370. The molecular formula is C12H21N3O2S. The van der Waals surface area contributed by atoms with Gasteiger partial charge in [-0.2, -0.15) is 0 Å². The van der Waals surface area contributed by atoms with Crippen molar-refractivity contribution in [1.29, 1.82) is 0 Å². The molecule has 2 unspecified atom stereocenters. The van der Waals surface area contributed by atoms with Crippen LogP contribution in [0.25, 0.3) is 0 Å². The number of hydrogen-bond acceptors (Lipinski definition) is 4. The number of hydrogen-bond donors (Lipinski definition) is 1. The number of rotatable bonds is 5. The van der Waals surface area contributed by atoms with E-state index in [-0.39, 0.29) is 12.0 Å². The molecule has 0 bridgehead atoms. The largest absolute Gasteiger partial charge is 0.335 e. The van der Waals surface area contributed by atoms with Crippen molar-refractivity contribution in [3.63, 3.8) is 0 Å². The summed E-state index contributed by atoms with van der Waals surface area (Å²) >= 11 is 0. The summed E-state index contributed by atoms with van der Waals surface area (Å²) in [4.78, 5) is 4.29. The van der Waals surface area contributed by atoms with Crippen molar-refractivity contribution in [1.82, 2.24) is 9.55 Å². The maximum Gasteiger partial charge on any atom is 0.150 e. The zero-order valence-corrected chi connectivity index (χ0v) is 11.6. The third kappa shape index (κ3) is 3.32. The van der Waals surface area contributed by atoms with Crippen LogP contribution in [0.1, 0.15) is 25.6 Å². The van der Waals surface area contributed by atoms with E-state index < -0.39 is 9.84 Å². The van der Waals surface area contributed by atoms with E-state index in [1.807, 2.05) is 6.20 Å². The van der Waals surface area contributed by atoms with Gasteiger partial charge < -0.3 is 10.3 Å². The Balaban J connectivity index is 1.88. The molecule has 1 aliphatic rings. The monoisotopic (exact) mass is 271 g/mol. The second kappa shape index (κ2) is 5.40. The standard InChI is InChI=1S/C12H21N3O2S/c1-2-15-5-4-14-12(15)8-11(13)7-10-3-6-18(16,17)9-10/h4-5,10-11H,2-3,6-9,13H2,1H3. The van der Waals surface area contributed by atoms with E-state index in [1.165, 1.54) is 0 Å². The molecule has 0 amide bonds. The molecule has 0 spiro atoms. The average molecular weight is 271 g/mol. The number of nitrogens with zero attached hydrogens (tertiary/aromatic N) is 2. The molecule has 1 saturated heterocycles. The summed E-state index contributed by atoms with van der Waals surface area (Å²) in [5.41, 5.74) is 6.11. The van der Waals surface area contributed by atoms with Crippen LogP contribution in [0.4, 0.5) is 0 Å². The number of aryl methyl sites for hydroxylation is 1. The predicted octanol–water partition coefficient (Wildman–Crippen LogP) is 0.598. The Hall–Kier alpha value is -0.880. The SMILES string of the molecule is CCn1ccnc1CC(N)CC1CCS(=O)(=O)C1. The van der Waals surface area contributed by atoms with Crippen LogP contribution in [0.15, 0.2) is 12.4 Å². The van der Waals surface area contributed by atoms with Gasteiger partial charge in [0.15, 0.2) is 9.84 Å². The molecule has 2 heterocycles. The van der Waals surface area contributed by atoms with Gasteiger partial charge in [-0.1, -0.05) is 0 Å². The van der Waals surface area contributed by atoms with E-state index in [4.69, 9.17) is 5.73 Å². The van der Waals surface area contributed by atoms with E-state index in [1.54, 1.807) is 6.20 Å². The third-order valence-electron chi connectivity index (χ3n) is 3.55. The Kier molecular flexibility index (Phi) is 4.07. The Bertz CT molecular complexity index is 495. The fourth-order valence-corrected chi connectivity index (χ4v) is 4.50. The number of sulfone groups is 1. The normalized spacial score (nSPS) is 24.2. The van der Waals surface area contributed by atoms with Gasteiger partial charge in [0.25, 0.3) is 0 Å². The van der Waals surface area contributed by atoms with Gasteiger partial charge in [-0.05, 0) is 25.7 Å². The minimum atomic E-state index is -2.79. The van der Waals surface area contributed by atoms with Crippen molar-refractivity contribution in [3.8, 4) is 0 Å². The van der Waals surface area contributed by atoms with Crippen molar-refractivity contribution in [2.45, 2.75) is 38.8 Å². The molecule has 1 aromatic rings. The van der Waals surface area contributed by atoms with Crippen molar-refractivity contribution in [3.05, 3.63) is 18.2 Å². The first-order valence-corrected chi connectivity index (χ1v) is 8.28. The van der Waals surface area contributed by atoms with Gasteiger partial charge in [-0.3, -0.25) is 0 Å². The molecule has 2 atom stereocenters. The van der Waals surface area contributed by atoms with E-state index >= 15 is 0 Å². The molecular weight excluding hydrogens is 250 g/mol. The summed E-state index contributed by atoms with van der Waals surface area (Å²) < 4.78 is 24.8. The summed E-state index contributed by atoms with van der Waals surface area (Å²) in [6.45, 7) is 2.96. The Morgan fingerprint density at radius 1 is 1.61 bits per heavy atom. The van der Waals surface area contributed by atoms with Gasteiger partial charge in [0, 0.05) is 31.4 Å². The average Bonchev–Trinajstić information content (AvgIpc) is 2.85. The second-order valence-electron chi connectivity index (χ2n) is 5.10. The quantitative estimate of drug-likeness (QED) is 0.850. The number of nitrogens with two attached hydrogens (primary N) is 1. The third-order valence-corrected chi connectivity index (χ3v) is 5.39. The topological polar surface area (TPSA) is 78.0 Å². The fraction of sp³-hybridized carbons (Fsp3) is 0.750. The molecule has 1 aromatic heterocycles. The molecule has 0 aromatic carbocycles. The van der Waals surface area contributed by atoms with Crippen molar-refractivity contribution >= 4 is 9.84 Å². The zero-order valence-electron chi connectivity index (χ0n) is 10.7. The van der Waals surface area contributed by atoms with Crippen LogP contribution >= 0.6 is 0 Å². The second-order valence-corrected chi connectivity index (χ2v) is 7.33. The molecule has 18 heavy (non-hydrogen) atoms. The Morgan fingerprint density at radius 2 is 2.39 bits per heavy atom. The van der Waals surface area contributed by atoms with Gasteiger partial charge in [-0.25, -0.2) is 13.4 Å². The molecule has 6 heteroatoms. The Morgan fingerprint density at radius 3 is 3.00 bits per heavy atom. The number of aromatic nitrogens is 2. The van der Waals surface area contributed by atoms with E-state index in [0.717, 1.165) is 31.6 Å². The van der Waals surface area contributed by atoms with Crippen LogP contribution in [0.5, 0.6) is 0 Å². The molecule has 2 N–H and O–H groups in total. The molecule has 5 nitrogen and oxygen atoms in total. The lowest BCUT2D eigenvalue weighted by Gasteiger charge is -2.15. The lowest BCUT2D eigenvalue weighted by Crippen LogP contribution is -2.28. The maximum absolute atomic E-state index is 11.4. The zero-order chi connectivity index (χ0) is 13.2. The molecule has 1 aliphatic heterocycles. The highest BCUT2D eigenvalue weighted by atomic mass is 32.2. The lowest BCUT2D eigenvalue weighted by atomic mass is 9.98. The van der Waals surface area contributed by atoms with Gasteiger partial charge in [0.2, 0.25) is 0 Å². The highest BCUT2D eigenvalue weighted by Crippen LogP contribution is 2.23. The van der Waals surface area contributed by atoms with Gasteiger partial charge in [-0.15, -0.1) is 0 Å².